The molecule has 0 saturated carbocycles. The Morgan fingerprint density at radius 3 is 2.59 bits per heavy atom. The van der Waals surface area contributed by atoms with E-state index in [9.17, 15) is 9.59 Å². The smallest absolute Gasteiger partial charge is 0.410 e. The van der Waals surface area contributed by atoms with Crippen LogP contribution >= 0.6 is 0 Å². The Kier molecular flexibility index (Phi) is 9.31. The number of amides is 2. The van der Waals surface area contributed by atoms with Gasteiger partial charge in [-0.1, -0.05) is 36.4 Å². The van der Waals surface area contributed by atoms with E-state index < -0.39 is 5.60 Å². The molecule has 10 heteroatoms. The van der Waals surface area contributed by atoms with Crippen molar-refractivity contribution in [3.63, 3.8) is 0 Å². The minimum Gasteiger partial charge on any atom is -0.486 e. The Morgan fingerprint density at radius 1 is 1.12 bits per heavy atom. The highest BCUT2D eigenvalue weighted by atomic mass is 16.6. The van der Waals surface area contributed by atoms with Crippen LogP contribution in [0.4, 0.5) is 22.2 Å². The number of nitrogens with one attached hydrogen (secondary N) is 1. The summed E-state index contributed by atoms with van der Waals surface area (Å²) in [6.07, 6.45) is 1.44. The van der Waals surface area contributed by atoms with Gasteiger partial charge in [0.05, 0.1) is 0 Å². The van der Waals surface area contributed by atoms with Gasteiger partial charge >= 0.3 is 6.09 Å². The lowest BCUT2D eigenvalue weighted by Crippen LogP contribution is -2.35. The third-order valence-corrected chi connectivity index (χ3v) is 6.61. The van der Waals surface area contributed by atoms with Gasteiger partial charge in [-0.15, -0.1) is 0 Å². The van der Waals surface area contributed by atoms with Crippen LogP contribution in [0.3, 0.4) is 0 Å². The Balaban J connectivity index is 1.54. The van der Waals surface area contributed by atoms with Gasteiger partial charge in [0.15, 0.2) is 0 Å². The average Bonchev–Trinajstić information content (AvgIpc) is 3.06. The summed E-state index contributed by atoms with van der Waals surface area (Å²) in [5, 5.41) is 3.11. The monoisotopic (exact) mass is 560 g/mol. The topological polar surface area (TPSA) is 100 Å². The maximum Gasteiger partial charge on any atom is 0.410 e. The molecule has 2 aromatic carbocycles. The lowest BCUT2D eigenvalue weighted by atomic mass is 10.1. The minimum absolute atomic E-state index is 0.164. The second kappa shape index (κ2) is 12.9. The Hall–Kier alpha value is -4.34. The average molecular weight is 561 g/mol. The predicted octanol–water partition coefficient (Wildman–Crippen LogP) is 5.38. The highest BCUT2D eigenvalue weighted by Gasteiger charge is 2.28. The first-order valence-electron chi connectivity index (χ1n) is 14.0. The number of hydrogen-bond donors (Lipinski definition) is 1. The van der Waals surface area contributed by atoms with Gasteiger partial charge < -0.3 is 29.5 Å². The van der Waals surface area contributed by atoms with E-state index in [0.29, 0.717) is 55.7 Å². The van der Waals surface area contributed by atoms with Gasteiger partial charge in [0.2, 0.25) is 5.95 Å². The van der Waals surface area contributed by atoms with Crippen LogP contribution < -0.4 is 19.9 Å². The van der Waals surface area contributed by atoms with Gasteiger partial charge in [0, 0.05) is 64.6 Å². The number of aromatic nitrogens is 2. The summed E-state index contributed by atoms with van der Waals surface area (Å²) in [5.74, 6) is 1.57. The van der Waals surface area contributed by atoms with Crippen molar-refractivity contribution in [1.82, 2.24) is 14.9 Å². The molecule has 3 aromatic rings. The Labute approximate surface area is 242 Å². The van der Waals surface area contributed by atoms with Crippen molar-refractivity contribution in [3.05, 3.63) is 71.9 Å². The molecule has 0 bridgehead atoms. The van der Waals surface area contributed by atoms with Crippen molar-refractivity contribution in [2.75, 3.05) is 55.4 Å². The molecule has 0 aliphatic carbocycles. The lowest BCUT2D eigenvalue weighted by molar-refractivity contribution is 0.0278. The molecular weight excluding hydrogens is 520 g/mol. The number of carbonyl (C=O) groups excluding carboxylic acids is 2. The normalized spacial score (nSPS) is 14.1. The van der Waals surface area contributed by atoms with E-state index in [1.807, 2.05) is 94.2 Å². The number of hydrogen-bond acceptors (Lipinski definition) is 8. The number of likely N-dealkylation sites (N-methyl/N-ethyl adjacent to an activating group) is 1. The van der Waals surface area contributed by atoms with E-state index >= 15 is 0 Å². The van der Waals surface area contributed by atoms with Crippen molar-refractivity contribution in [2.45, 2.75) is 45.8 Å². The summed E-state index contributed by atoms with van der Waals surface area (Å²) in [6.45, 7) is 9.74. The fourth-order valence-electron chi connectivity index (χ4n) is 4.50. The molecule has 1 aromatic heterocycles. The highest BCUT2D eigenvalue weighted by molar-refractivity contribution is 6.09. The van der Waals surface area contributed by atoms with Crippen LogP contribution in [0, 0.1) is 0 Å². The maximum atomic E-state index is 13.7. The molecule has 2 heterocycles. The molecule has 0 unspecified atom stereocenters. The molecule has 10 nitrogen and oxygen atoms in total. The van der Waals surface area contributed by atoms with Crippen LogP contribution in [0.1, 0.15) is 56.1 Å². The predicted molar refractivity (Wildman–Crippen MR) is 161 cm³/mol. The molecule has 0 fully saturated rings. The zero-order chi connectivity index (χ0) is 29.6. The van der Waals surface area contributed by atoms with Crippen LogP contribution in [0.2, 0.25) is 0 Å². The molecule has 0 saturated heterocycles. The quantitative estimate of drug-likeness (QED) is 0.372. The van der Waals surface area contributed by atoms with E-state index in [2.05, 4.69) is 15.3 Å². The number of fused-ring (bicyclic) bond motifs is 1. The number of carbonyl (C=O) groups is 2. The molecule has 2 amide bonds. The molecule has 0 radical (unpaired) electrons. The first-order chi connectivity index (χ1) is 19.6. The zero-order valence-electron chi connectivity index (χ0n) is 24.8. The van der Waals surface area contributed by atoms with Crippen LogP contribution in [0.15, 0.2) is 60.8 Å². The summed E-state index contributed by atoms with van der Waals surface area (Å²) in [6, 6.07) is 17.4. The summed E-state index contributed by atoms with van der Waals surface area (Å²) < 4.78 is 12.0. The summed E-state index contributed by atoms with van der Waals surface area (Å²) in [4.78, 5) is 40.4. The van der Waals surface area contributed by atoms with Crippen LogP contribution in [-0.4, -0.2) is 72.7 Å². The summed E-state index contributed by atoms with van der Waals surface area (Å²) in [5.41, 5.74) is 1.60. The van der Waals surface area contributed by atoms with E-state index in [4.69, 9.17) is 9.47 Å². The van der Waals surface area contributed by atoms with Gasteiger partial charge in [-0.2, -0.15) is 4.98 Å². The lowest BCUT2D eigenvalue weighted by Gasteiger charge is -2.27. The van der Waals surface area contributed by atoms with E-state index in [1.165, 1.54) is 0 Å². The van der Waals surface area contributed by atoms with Gasteiger partial charge in [0.25, 0.3) is 5.91 Å². The third kappa shape index (κ3) is 7.65. The SMILES string of the molecule is CCNc1ncc2c(n1)N(C)CCN(c1cccc(O[C@H](CCN(C)C(=O)OC(C)(C)C)c3ccccc3)c1)C2=O. The first-order valence-corrected chi connectivity index (χ1v) is 14.0. The van der Waals surface area contributed by atoms with Gasteiger partial charge in [0.1, 0.15) is 28.8 Å². The zero-order valence-corrected chi connectivity index (χ0v) is 24.8. The first kappa shape index (κ1) is 29.6. The third-order valence-electron chi connectivity index (χ3n) is 6.61. The van der Waals surface area contributed by atoms with Crippen LogP contribution in [-0.2, 0) is 4.74 Å². The van der Waals surface area contributed by atoms with Crippen molar-refractivity contribution < 1.29 is 19.1 Å². The standard InChI is InChI=1S/C31H40N6O4/c1-7-32-29-33-21-25-27(34-29)35(5)18-19-37(28(25)38)23-14-11-15-24(20-23)40-26(22-12-9-8-10-13-22)16-17-36(6)30(39)41-31(2,3)4/h8-15,20-21,26H,7,16-19H2,1-6H3,(H,32,33,34)/t26-/m1/s1. The number of rotatable bonds is 9. The second-order valence-electron chi connectivity index (χ2n) is 11.0. The second-order valence-corrected chi connectivity index (χ2v) is 11.0. The highest BCUT2D eigenvalue weighted by Crippen LogP contribution is 2.31. The molecule has 0 spiro atoms. The van der Waals surface area contributed by atoms with Crippen molar-refractivity contribution in [2.24, 2.45) is 0 Å². The van der Waals surface area contributed by atoms with Crippen LogP contribution in [0.5, 0.6) is 5.75 Å². The molecule has 1 atom stereocenters. The molecule has 1 aliphatic rings. The molecule has 1 aliphatic heterocycles. The van der Waals surface area contributed by atoms with E-state index in [-0.39, 0.29) is 18.1 Å². The van der Waals surface area contributed by atoms with Gasteiger partial charge in [-0.3, -0.25) is 4.79 Å². The summed E-state index contributed by atoms with van der Waals surface area (Å²) in [7, 11) is 3.65. The van der Waals surface area contributed by atoms with Crippen molar-refractivity contribution in [1.29, 1.82) is 0 Å². The fraction of sp³-hybridized carbons (Fsp3) is 0.419. The Morgan fingerprint density at radius 2 is 1.88 bits per heavy atom. The molecular formula is C31H40N6O4. The van der Waals surface area contributed by atoms with Gasteiger partial charge in [-0.25, -0.2) is 9.78 Å². The fourth-order valence-corrected chi connectivity index (χ4v) is 4.50. The van der Waals surface area contributed by atoms with Crippen molar-refractivity contribution in [3.8, 4) is 5.75 Å². The molecule has 4 rings (SSSR count). The van der Waals surface area contributed by atoms with Gasteiger partial charge in [-0.05, 0) is 45.4 Å². The van der Waals surface area contributed by atoms with E-state index in [0.717, 1.165) is 11.3 Å². The van der Waals surface area contributed by atoms with Crippen molar-refractivity contribution >= 4 is 29.5 Å². The number of ether oxygens (including phenoxy) is 2. The van der Waals surface area contributed by atoms with Crippen LogP contribution in [0.25, 0.3) is 0 Å². The number of anilines is 3. The Bertz CT molecular complexity index is 1340. The largest absolute Gasteiger partial charge is 0.486 e. The minimum atomic E-state index is -0.567. The van der Waals surface area contributed by atoms with E-state index in [1.54, 1.807) is 23.0 Å². The molecule has 1 N–H and O–H groups in total. The number of benzene rings is 2. The summed E-state index contributed by atoms with van der Waals surface area (Å²) >= 11 is 0. The number of nitrogens with zero attached hydrogens (tertiary/aromatic N) is 5. The maximum absolute atomic E-state index is 13.7. The molecule has 218 valence electrons. The molecule has 41 heavy (non-hydrogen) atoms.